The van der Waals surface area contributed by atoms with Crippen molar-refractivity contribution >= 4 is 5.91 Å². The fraction of sp³-hybridized carbons (Fsp3) is 0.238. The van der Waals surface area contributed by atoms with Gasteiger partial charge in [0.25, 0.3) is 5.91 Å². The average molecular weight is 376 g/mol. The summed E-state index contributed by atoms with van der Waals surface area (Å²) < 4.78 is 10.8. The number of carbonyl (C=O) groups is 1. The molecule has 1 N–H and O–H groups in total. The molecule has 0 aliphatic rings. The summed E-state index contributed by atoms with van der Waals surface area (Å²) in [6, 6.07) is 16.4. The number of hydrogen-bond donors (Lipinski definition) is 1. The molecule has 0 fully saturated rings. The number of rotatable bonds is 8. The number of aryl methyl sites for hydroxylation is 2. The molecule has 0 saturated carbocycles. The van der Waals surface area contributed by atoms with E-state index in [1.165, 1.54) is 0 Å². The smallest absolute Gasteiger partial charge is 0.251 e. The Hall–Kier alpha value is -3.66. The first kappa shape index (κ1) is 19.1. The molecule has 28 heavy (non-hydrogen) atoms. The predicted molar refractivity (Wildman–Crippen MR) is 102 cm³/mol. The molecular formula is C21H20N4O3. The van der Waals surface area contributed by atoms with Crippen LogP contribution >= 0.6 is 0 Å². The SMILES string of the molecule is Cc1noc(CCCNC(=O)c2cccc(OCc3ccccc3C#N)c2)n1. The third-order valence-corrected chi connectivity index (χ3v) is 4.05. The highest BCUT2D eigenvalue weighted by molar-refractivity contribution is 5.94. The lowest BCUT2D eigenvalue weighted by Gasteiger charge is -2.09. The van der Waals surface area contributed by atoms with Crippen molar-refractivity contribution in [1.82, 2.24) is 15.5 Å². The molecule has 7 heteroatoms. The number of amides is 1. The summed E-state index contributed by atoms with van der Waals surface area (Å²) in [6.45, 7) is 2.53. The summed E-state index contributed by atoms with van der Waals surface area (Å²) in [5.41, 5.74) is 1.89. The van der Waals surface area contributed by atoms with Gasteiger partial charge in [-0.15, -0.1) is 0 Å². The van der Waals surface area contributed by atoms with E-state index < -0.39 is 0 Å². The van der Waals surface area contributed by atoms with Crippen LogP contribution in [-0.2, 0) is 13.0 Å². The van der Waals surface area contributed by atoms with Crippen LogP contribution in [-0.4, -0.2) is 22.6 Å². The van der Waals surface area contributed by atoms with E-state index in [1.807, 2.05) is 18.2 Å². The summed E-state index contributed by atoms with van der Waals surface area (Å²) >= 11 is 0. The maximum absolute atomic E-state index is 12.3. The maximum Gasteiger partial charge on any atom is 0.251 e. The highest BCUT2D eigenvalue weighted by Gasteiger charge is 2.08. The van der Waals surface area contributed by atoms with Gasteiger partial charge in [-0.1, -0.05) is 29.4 Å². The zero-order chi connectivity index (χ0) is 19.8. The second kappa shape index (κ2) is 9.33. The fourth-order valence-electron chi connectivity index (χ4n) is 2.63. The highest BCUT2D eigenvalue weighted by Crippen LogP contribution is 2.17. The molecule has 1 amide bonds. The van der Waals surface area contributed by atoms with Crippen LogP contribution in [0.2, 0.25) is 0 Å². The van der Waals surface area contributed by atoms with Gasteiger partial charge >= 0.3 is 0 Å². The lowest BCUT2D eigenvalue weighted by Crippen LogP contribution is -2.24. The predicted octanol–water partition coefficient (Wildman–Crippen LogP) is 3.19. The Morgan fingerprint density at radius 3 is 2.89 bits per heavy atom. The van der Waals surface area contributed by atoms with E-state index in [0.29, 0.717) is 48.0 Å². The average Bonchev–Trinajstić information content (AvgIpc) is 3.15. The molecule has 2 aromatic carbocycles. The lowest BCUT2D eigenvalue weighted by atomic mass is 10.1. The van der Waals surface area contributed by atoms with Crippen molar-refractivity contribution in [3.05, 3.63) is 76.9 Å². The number of benzene rings is 2. The molecule has 142 valence electrons. The van der Waals surface area contributed by atoms with Gasteiger partial charge in [0.1, 0.15) is 12.4 Å². The first-order valence-electron chi connectivity index (χ1n) is 8.94. The van der Waals surface area contributed by atoms with E-state index in [9.17, 15) is 4.79 Å². The number of aromatic nitrogens is 2. The normalized spacial score (nSPS) is 10.3. The molecular weight excluding hydrogens is 356 g/mol. The van der Waals surface area contributed by atoms with E-state index in [0.717, 1.165) is 5.56 Å². The molecule has 0 unspecified atom stereocenters. The minimum absolute atomic E-state index is 0.176. The number of ether oxygens (including phenoxy) is 1. The van der Waals surface area contributed by atoms with Gasteiger partial charge in [0, 0.05) is 24.1 Å². The molecule has 1 aromatic heterocycles. The molecule has 0 bridgehead atoms. The van der Waals surface area contributed by atoms with Gasteiger partial charge in [0.2, 0.25) is 5.89 Å². The maximum atomic E-state index is 12.3. The van der Waals surface area contributed by atoms with Gasteiger partial charge in [0.15, 0.2) is 5.82 Å². The zero-order valence-corrected chi connectivity index (χ0v) is 15.5. The van der Waals surface area contributed by atoms with Gasteiger partial charge < -0.3 is 14.6 Å². The zero-order valence-electron chi connectivity index (χ0n) is 15.5. The summed E-state index contributed by atoms with van der Waals surface area (Å²) in [5, 5.41) is 15.7. The topological polar surface area (TPSA) is 101 Å². The Morgan fingerprint density at radius 2 is 2.11 bits per heavy atom. The summed E-state index contributed by atoms with van der Waals surface area (Å²) in [5.74, 6) is 1.57. The Bertz CT molecular complexity index is 991. The molecule has 0 aliphatic heterocycles. The van der Waals surface area contributed by atoms with Gasteiger partial charge in [-0.05, 0) is 37.6 Å². The molecule has 1 heterocycles. The largest absolute Gasteiger partial charge is 0.489 e. The van der Waals surface area contributed by atoms with Crippen LogP contribution in [0.1, 0.15) is 39.6 Å². The van der Waals surface area contributed by atoms with Crippen molar-refractivity contribution in [2.45, 2.75) is 26.4 Å². The van der Waals surface area contributed by atoms with Crippen LogP contribution in [0.15, 0.2) is 53.1 Å². The van der Waals surface area contributed by atoms with Gasteiger partial charge in [-0.25, -0.2) is 0 Å². The molecule has 0 atom stereocenters. The monoisotopic (exact) mass is 376 g/mol. The molecule has 0 saturated heterocycles. The molecule has 0 aliphatic carbocycles. The van der Waals surface area contributed by atoms with Crippen molar-refractivity contribution in [3.8, 4) is 11.8 Å². The number of carbonyl (C=O) groups excluding carboxylic acids is 1. The molecule has 3 aromatic rings. The minimum Gasteiger partial charge on any atom is -0.489 e. The van der Waals surface area contributed by atoms with E-state index >= 15 is 0 Å². The second-order valence-corrected chi connectivity index (χ2v) is 6.18. The number of nitrogens with zero attached hydrogens (tertiary/aromatic N) is 3. The third kappa shape index (κ3) is 5.17. The van der Waals surface area contributed by atoms with Crippen LogP contribution < -0.4 is 10.1 Å². The lowest BCUT2D eigenvalue weighted by molar-refractivity contribution is 0.0952. The second-order valence-electron chi connectivity index (χ2n) is 6.18. The van der Waals surface area contributed by atoms with E-state index in [1.54, 1.807) is 37.3 Å². The van der Waals surface area contributed by atoms with Crippen LogP contribution in [0.3, 0.4) is 0 Å². The van der Waals surface area contributed by atoms with Crippen molar-refractivity contribution in [3.63, 3.8) is 0 Å². The van der Waals surface area contributed by atoms with Crippen molar-refractivity contribution in [2.75, 3.05) is 6.54 Å². The Kier molecular flexibility index (Phi) is 6.37. The molecule has 0 spiro atoms. The minimum atomic E-state index is -0.176. The van der Waals surface area contributed by atoms with E-state index in [4.69, 9.17) is 14.5 Å². The first-order valence-corrected chi connectivity index (χ1v) is 8.94. The van der Waals surface area contributed by atoms with Crippen LogP contribution in [0.25, 0.3) is 0 Å². The summed E-state index contributed by atoms with van der Waals surface area (Å²) in [4.78, 5) is 16.5. The number of nitriles is 1. The quantitative estimate of drug-likeness (QED) is 0.606. The van der Waals surface area contributed by atoms with Crippen LogP contribution in [0.5, 0.6) is 5.75 Å². The van der Waals surface area contributed by atoms with Crippen LogP contribution in [0.4, 0.5) is 0 Å². The summed E-state index contributed by atoms with van der Waals surface area (Å²) in [6.07, 6.45) is 1.32. The number of hydrogen-bond acceptors (Lipinski definition) is 6. The van der Waals surface area contributed by atoms with Crippen molar-refractivity contribution in [1.29, 1.82) is 5.26 Å². The standard InChI is InChI=1S/C21H20N4O3/c1-15-24-20(28-25-15)10-5-11-23-21(26)16-8-4-9-19(12-16)27-14-18-7-3-2-6-17(18)13-22/h2-4,6-9,12H,5,10-11,14H2,1H3,(H,23,26). The van der Waals surface area contributed by atoms with E-state index in [-0.39, 0.29) is 12.5 Å². The van der Waals surface area contributed by atoms with E-state index in [2.05, 4.69) is 21.5 Å². The summed E-state index contributed by atoms with van der Waals surface area (Å²) in [7, 11) is 0. The first-order chi connectivity index (χ1) is 13.7. The fourth-order valence-corrected chi connectivity index (χ4v) is 2.63. The highest BCUT2D eigenvalue weighted by atomic mass is 16.5. The van der Waals surface area contributed by atoms with Crippen LogP contribution in [0, 0.1) is 18.3 Å². The van der Waals surface area contributed by atoms with Gasteiger partial charge in [-0.3, -0.25) is 4.79 Å². The molecule has 7 nitrogen and oxygen atoms in total. The van der Waals surface area contributed by atoms with Crippen molar-refractivity contribution in [2.24, 2.45) is 0 Å². The van der Waals surface area contributed by atoms with Crippen molar-refractivity contribution < 1.29 is 14.1 Å². The molecule has 3 rings (SSSR count). The Labute approximate surface area is 163 Å². The third-order valence-electron chi connectivity index (χ3n) is 4.05. The van der Waals surface area contributed by atoms with Gasteiger partial charge in [-0.2, -0.15) is 10.2 Å². The Balaban J connectivity index is 1.50. The van der Waals surface area contributed by atoms with Gasteiger partial charge in [0.05, 0.1) is 11.6 Å². The Morgan fingerprint density at radius 1 is 1.25 bits per heavy atom. The number of nitrogens with one attached hydrogen (secondary N) is 1. The molecule has 0 radical (unpaired) electrons.